The Hall–Kier alpha value is -7.90. The van der Waals surface area contributed by atoms with Gasteiger partial charge >= 0.3 is 0 Å². The summed E-state index contributed by atoms with van der Waals surface area (Å²) in [4.78, 5) is 33.6. The average Bonchev–Trinajstić information content (AvgIpc) is 3.24. The minimum Gasteiger partial charge on any atom is -0.398 e. The number of allylic oxidation sites excluding steroid dienone is 2. The van der Waals surface area contributed by atoms with Crippen LogP contribution in [0.5, 0.6) is 0 Å². The number of non-ortho nitro benzene ring substituents is 1. The van der Waals surface area contributed by atoms with E-state index in [9.17, 15) is 71.6 Å². The summed E-state index contributed by atoms with van der Waals surface area (Å²) in [5.74, 6) is -2.13. The van der Waals surface area contributed by atoms with E-state index in [1.807, 2.05) is 0 Å². The molecular weight excluding hydrogens is 967 g/mol. The molecule has 0 bridgehead atoms. The van der Waals surface area contributed by atoms with Crippen molar-refractivity contribution in [2.24, 2.45) is 20.4 Å². The topological polar surface area (TPSA) is 420 Å². The highest BCUT2D eigenvalue weighted by Gasteiger charge is 2.36. The van der Waals surface area contributed by atoms with Gasteiger partial charge in [0, 0.05) is 28.9 Å². The van der Waals surface area contributed by atoms with Crippen molar-refractivity contribution in [3.8, 4) is 11.1 Å². The van der Waals surface area contributed by atoms with Gasteiger partial charge in [-0.3, -0.25) is 48.8 Å². The fraction of sp³-hybridized carbons (Fsp3) is 0. The van der Waals surface area contributed by atoms with Crippen molar-refractivity contribution in [3.63, 3.8) is 0 Å². The number of benzene rings is 5. The molecule has 5 aromatic carbocycles. The summed E-state index contributed by atoms with van der Waals surface area (Å²) in [5, 5.41) is 26.6. The second-order valence-electron chi connectivity index (χ2n) is 13.9. The van der Waals surface area contributed by atoms with Crippen LogP contribution in [0.3, 0.4) is 0 Å². The van der Waals surface area contributed by atoms with Gasteiger partial charge in [-0.1, -0.05) is 24.3 Å². The highest BCUT2D eigenvalue weighted by Crippen LogP contribution is 2.39. The van der Waals surface area contributed by atoms with Gasteiger partial charge in [0.1, 0.15) is 26.1 Å². The van der Waals surface area contributed by atoms with E-state index in [4.69, 9.17) is 11.5 Å². The monoisotopic (exact) mass is 993 g/mol. The minimum atomic E-state index is -5.20. The van der Waals surface area contributed by atoms with Gasteiger partial charge in [0.25, 0.3) is 46.2 Å². The van der Waals surface area contributed by atoms with Gasteiger partial charge in [-0.05, 0) is 83.4 Å². The van der Waals surface area contributed by atoms with Crippen molar-refractivity contribution in [3.05, 3.63) is 133 Å². The molecule has 67 heavy (non-hydrogen) atoms. The second kappa shape index (κ2) is 17.1. The van der Waals surface area contributed by atoms with Gasteiger partial charge in [-0.2, -0.15) is 43.9 Å². The standard InChI is InChI=1S/C38H27N9O16S4/c39-27-11-10-25-26(34(27)44-43-29-12-9-23(47(50)51)15-30(29)65(55,56)57)17-32(67(61,62)63)35(37(25)48)45-41-21-5-1-18(2-6-21)19-3-7-22(8-4-19)42-46-36-31(66(58,59)60)14-20-13-24(64(52,53)54)16-28(40)33(20)38(36)49/h1-17,41-42H,39-40H2,(H,52,53,54)(H,55,56,57)(H,58,59,60)(H,61,62,63). The number of ketones is 2. The summed E-state index contributed by atoms with van der Waals surface area (Å²) in [6.07, 6.45) is 1.59. The molecule has 0 aliphatic heterocycles. The van der Waals surface area contributed by atoms with E-state index < -0.39 is 105 Å². The number of fused-ring (bicyclic) bond motifs is 2. The summed E-state index contributed by atoms with van der Waals surface area (Å²) in [7, 11) is -20.2. The van der Waals surface area contributed by atoms with Crippen LogP contribution in [0, 0.1) is 10.1 Å². The number of nitrogens with one attached hydrogen (secondary N) is 2. The lowest BCUT2D eigenvalue weighted by molar-refractivity contribution is -0.385. The number of rotatable bonds is 12. The lowest BCUT2D eigenvalue weighted by Crippen LogP contribution is -2.28. The molecule has 10 N–H and O–H groups in total. The molecule has 0 spiro atoms. The quantitative estimate of drug-likeness (QED) is 0.0264. The lowest BCUT2D eigenvalue weighted by atomic mass is 9.92. The molecule has 0 unspecified atom stereocenters. The van der Waals surface area contributed by atoms with Crippen LogP contribution in [0.15, 0.2) is 131 Å². The normalized spacial score (nSPS) is 15.5. The Labute approximate surface area is 377 Å². The summed E-state index contributed by atoms with van der Waals surface area (Å²) in [5.41, 5.74) is 13.6. The number of nitrogen functional groups attached to an aromatic ring is 2. The first-order chi connectivity index (χ1) is 31.2. The van der Waals surface area contributed by atoms with E-state index in [-0.39, 0.29) is 45.0 Å². The Morgan fingerprint density at radius 2 is 1.12 bits per heavy atom. The molecule has 0 atom stereocenters. The Balaban J connectivity index is 1.11. The molecule has 0 saturated heterocycles. The van der Waals surface area contributed by atoms with E-state index >= 15 is 0 Å². The predicted molar refractivity (Wildman–Crippen MR) is 240 cm³/mol. The van der Waals surface area contributed by atoms with E-state index in [0.717, 1.165) is 36.4 Å². The second-order valence-corrected chi connectivity index (χ2v) is 19.5. The zero-order valence-electron chi connectivity index (χ0n) is 33.0. The number of hydrogen-bond donors (Lipinski definition) is 8. The number of azo groups is 1. The molecule has 0 aromatic heterocycles. The Kier molecular flexibility index (Phi) is 12.0. The van der Waals surface area contributed by atoms with E-state index in [1.54, 1.807) is 24.3 Å². The molecule has 5 aromatic rings. The third-order valence-electron chi connectivity index (χ3n) is 9.59. The first-order valence-corrected chi connectivity index (χ1v) is 23.9. The van der Waals surface area contributed by atoms with Crippen molar-refractivity contribution < 1.29 is 66.4 Å². The zero-order valence-corrected chi connectivity index (χ0v) is 36.3. The average molecular weight is 994 g/mol. The number of anilines is 4. The predicted octanol–water partition coefficient (Wildman–Crippen LogP) is 5.12. The third-order valence-corrected chi connectivity index (χ3v) is 13.0. The number of Topliss-reactive ketones (excluding diaryl/α,β-unsaturated/α-hetero) is 2. The van der Waals surface area contributed by atoms with Gasteiger partial charge in [0.05, 0.1) is 32.4 Å². The zero-order chi connectivity index (χ0) is 49.0. The Morgan fingerprint density at radius 3 is 1.63 bits per heavy atom. The maximum Gasteiger partial charge on any atom is 0.297 e. The Morgan fingerprint density at radius 1 is 0.582 bits per heavy atom. The largest absolute Gasteiger partial charge is 0.398 e. The van der Waals surface area contributed by atoms with Crippen molar-refractivity contribution in [1.82, 2.24) is 0 Å². The van der Waals surface area contributed by atoms with Gasteiger partial charge in [0.2, 0.25) is 11.6 Å². The summed E-state index contributed by atoms with van der Waals surface area (Å²) < 4.78 is 136. The molecule has 25 nitrogen and oxygen atoms in total. The fourth-order valence-corrected chi connectivity index (χ4v) is 8.98. The molecule has 0 heterocycles. The molecule has 0 amide bonds. The Bertz CT molecular complexity index is 3650. The van der Waals surface area contributed by atoms with Crippen molar-refractivity contribution in [2.45, 2.75) is 9.79 Å². The molecule has 29 heteroatoms. The van der Waals surface area contributed by atoms with E-state index in [1.165, 1.54) is 36.4 Å². The van der Waals surface area contributed by atoms with Crippen LogP contribution in [0.2, 0.25) is 0 Å². The van der Waals surface area contributed by atoms with Crippen molar-refractivity contribution in [2.75, 3.05) is 22.3 Å². The molecule has 0 fully saturated rings. The maximum absolute atomic E-state index is 13.7. The first-order valence-electron chi connectivity index (χ1n) is 18.1. The highest BCUT2D eigenvalue weighted by molar-refractivity contribution is 7.91. The summed E-state index contributed by atoms with van der Waals surface area (Å²) >= 11 is 0. The minimum absolute atomic E-state index is 0.210. The molecule has 344 valence electrons. The first kappa shape index (κ1) is 47.1. The molecule has 2 aliphatic carbocycles. The summed E-state index contributed by atoms with van der Waals surface area (Å²) in [6, 6.07) is 18.6. The number of carbonyl (C=O) groups is 2. The number of hydrazone groups is 2. The number of hydrogen-bond acceptors (Lipinski definition) is 20. The molecule has 0 saturated carbocycles. The van der Waals surface area contributed by atoms with Crippen LogP contribution in [0.1, 0.15) is 31.8 Å². The van der Waals surface area contributed by atoms with Gasteiger partial charge < -0.3 is 11.5 Å². The van der Waals surface area contributed by atoms with Gasteiger partial charge in [0.15, 0.2) is 11.4 Å². The lowest BCUT2D eigenvalue weighted by Gasteiger charge is -2.18. The number of carbonyl (C=O) groups excluding carboxylic acids is 2. The van der Waals surface area contributed by atoms with Crippen LogP contribution in [-0.2, 0) is 40.5 Å². The van der Waals surface area contributed by atoms with Gasteiger partial charge in [-0.15, -0.1) is 10.2 Å². The molecule has 2 aliphatic rings. The number of nitrogens with two attached hydrogens (primary N) is 2. The number of nitro groups is 1. The van der Waals surface area contributed by atoms with Crippen molar-refractivity contribution >= 4 is 115 Å². The van der Waals surface area contributed by atoms with Crippen LogP contribution in [0.25, 0.3) is 23.3 Å². The maximum atomic E-state index is 13.7. The molecular formula is C38H27N9O16S4. The third kappa shape index (κ3) is 9.73. The van der Waals surface area contributed by atoms with Crippen LogP contribution in [0.4, 0.5) is 39.8 Å². The van der Waals surface area contributed by atoms with E-state index in [0.29, 0.717) is 17.2 Å². The number of nitro benzene ring substituents is 1. The van der Waals surface area contributed by atoms with Crippen molar-refractivity contribution in [1.29, 1.82) is 0 Å². The number of nitrogens with zero attached hydrogens (tertiary/aromatic N) is 5. The fourth-order valence-electron chi connectivity index (χ4n) is 6.47. The van der Waals surface area contributed by atoms with Crippen LogP contribution in [-0.4, -0.2) is 79.8 Å². The van der Waals surface area contributed by atoms with E-state index in [2.05, 4.69) is 31.3 Å². The molecule has 7 rings (SSSR count). The smallest absolute Gasteiger partial charge is 0.297 e. The SMILES string of the molecule is Nc1ccc2c(c1N=Nc1ccc([N+](=O)[O-])cc1S(=O)(=O)O)C=C(S(=O)(=O)O)C(=NNc1ccc(-c3ccc(NN=C4C(=O)c5c(N)cc(S(=O)(=O)O)cc5C=C4S(=O)(=O)O)cc3)cc1)C2=O. The van der Waals surface area contributed by atoms with Gasteiger partial charge in [-0.25, -0.2) is 0 Å². The van der Waals surface area contributed by atoms with Crippen LogP contribution >= 0.6 is 0 Å². The highest BCUT2D eigenvalue weighted by atomic mass is 32.2. The molecule has 0 radical (unpaired) electrons. The summed E-state index contributed by atoms with van der Waals surface area (Å²) in [6.45, 7) is 0. The van der Waals surface area contributed by atoms with Crippen LogP contribution < -0.4 is 22.3 Å².